The largest absolute Gasteiger partial charge is 0.508 e. The molecule has 2 N–H and O–H groups in total. The van der Waals surface area contributed by atoms with Gasteiger partial charge in [-0.25, -0.2) is 0 Å². The molecule has 1 aliphatic heterocycles. The van der Waals surface area contributed by atoms with E-state index >= 15 is 0 Å². The van der Waals surface area contributed by atoms with E-state index in [9.17, 15) is 10.2 Å². The minimum atomic E-state index is -0.604. The maximum absolute atomic E-state index is 10.6. The number of benzene rings is 1. The minimum Gasteiger partial charge on any atom is -0.508 e. The van der Waals surface area contributed by atoms with Gasteiger partial charge < -0.3 is 14.9 Å². The van der Waals surface area contributed by atoms with Gasteiger partial charge in [-0.15, -0.1) is 0 Å². The molecule has 1 heterocycles. The lowest BCUT2D eigenvalue weighted by Crippen LogP contribution is -2.48. The van der Waals surface area contributed by atoms with Gasteiger partial charge in [-0.2, -0.15) is 0 Å². The lowest BCUT2D eigenvalue weighted by atomic mass is 9.85. The first kappa shape index (κ1) is 18.9. The van der Waals surface area contributed by atoms with Gasteiger partial charge >= 0.3 is 0 Å². The lowest BCUT2D eigenvalue weighted by Gasteiger charge is -2.40. The molecule has 1 aliphatic rings. The van der Waals surface area contributed by atoms with E-state index in [0.29, 0.717) is 6.42 Å². The molecule has 0 radical (unpaired) electrons. The molecule has 0 amide bonds. The minimum absolute atomic E-state index is 0.254. The van der Waals surface area contributed by atoms with Crippen molar-refractivity contribution in [2.24, 2.45) is 0 Å². The summed E-state index contributed by atoms with van der Waals surface area (Å²) in [5.41, 5.74) is 2.53. The van der Waals surface area contributed by atoms with E-state index in [1.54, 1.807) is 0 Å². The van der Waals surface area contributed by atoms with Crippen LogP contribution in [0.4, 0.5) is 0 Å². The number of allylic oxidation sites excluding steroid dienone is 2. The summed E-state index contributed by atoms with van der Waals surface area (Å²) in [4.78, 5) is 0. The molecule has 134 valence electrons. The molecule has 0 aromatic heterocycles. The Balaban J connectivity index is 2.17. The van der Waals surface area contributed by atoms with Crippen LogP contribution in [0.1, 0.15) is 70.9 Å². The van der Waals surface area contributed by atoms with Crippen LogP contribution in [0.3, 0.4) is 0 Å². The van der Waals surface area contributed by atoms with Crippen molar-refractivity contribution >= 4 is 0 Å². The lowest BCUT2D eigenvalue weighted by molar-refractivity contribution is -0.0592. The maximum Gasteiger partial charge on any atom is 0.133 e. The Bertz CT molecular complexity index is 587. The van der Waals surface area contributed by atoms with Crippen molar-refractivity contribution in [2.45, 2.75) is 84.3 Å². The Morgan fingerprint density at radius 1 is 1.33 bits per heavy atom. The fourth-order valence-corrected chi connectivity index (χ4v) is 3.30. The Hall–Kier alpha value is -1.48. The van der Waals surface area contributed by atoms with Gasteiger partial charge in [0.25, 0.3) is 0 Å². The van der Waals surface area contributed by atoms with Crippen LogP contribution in [-0.4, -0.2) is 21.9 Å². The molecule has 0 saturated carbocycles. The molecular weight excluding hydrogens is 300 g/mol. The number of phenols is 1. The van der Waals surface area contributed by atoms with Crippen LogP contribution >= 0.6 is 0 Å². The molecule has 3 heteroatoms. The SMILES string of the molecule is CCCCCc1cc(O)c2c(c1)OC(C)(CCC=C(C)C)C(O)C2. The van der Waals surface area contributed by atoms with Crippen molar-refractivity contribution in [3.8, 4) is 11.5 Å². The van der Waals surface area contributed by atoms with Crippen molar-refractivity contribution in [3.05, 3.63) is 34.9 Å². The van der Waals surface area contributed by atoms with Crippen LogP contribution in [-0.2, 0) is 12.8 Å². The number of ether oxygens (including phenoxy) is 1. The molecular formula is C21H32O3. The van der Waals surface area contributed by atoms with Gasteiger partial charge in [-0.05, 0) is 64.2 Å². The number of aliphatic hydroxyl groups is 1. The van der Waals surface area contributed by atoms with Crippen LogP contribution in [0.15, 0.2) is 23.8 Å². The van der Waals surface area contributed by atoms with Crippen LogP contribution in [0.25, 0.3) is 0 Å². The van der Waals surface area contributed by atoms with Crippen LogP contribution in [0.5, 0.6) is 11.5 Å². The van der Waals surface area contributed by atoms with Crippen molar-refractivity contribution in [3.63, 3.8) is 0 Å². The summed E-state index contributed by atoms with van der Waals surface area (Å²) < 4.78 is 6.20. The van der Waals surface area contributed by atoms with Gasteiger partial charge in [-0.3, -0.25) is 0 Å². The number of unbranched alkanes of at least 4 members (excludes halogenated alkanes) is 2. The van der Waals surface area contributed by atoms with Gasteiger partial charge in [-0.1, -0.05) is 31.4 Å². The fraction of sp³-hybridized carbons (Fsp3) is 0.619. The third-order valence-corrected chi connectivity index (χ3v) is 4.95. The highest BCUT2D eigenvalue weighted by Gasteiger charge is 2.40. The van der Waals surface area contributed by atoms with Crippen molar-refractivity contribution in [2.75, 3.05) is 0 Å². The first-order valence-electron chi connectivity index (χ1n) is 9.21. The highest BCUT2D eigenvalue weighted by Crippen LogP contribution is 2.41. The first-order chi connectivity index (χ1) is 11.4. The number of hydrogen-bond acceptors (Lipinski definition) is 3. The first-order valence-corrected chi connectivity index (χ1v) is 9.21. The maximum atomic E-state index is 10.6. The zero-order valence-electron chi connectivity index (χ0n) is 15.6. The highest BCUT2D eigenvalue weighted by molar-refractivity contribution is 5.49. The summed E-state index contributed by atoms with van der Waals surface area (Å²) in [6, 6.07) is 3.88. The molecule has 24 heavy (non-hydrogen) atoms. The van der Waals surface area contributed by atoms with E-state index in [2.05, 4.69) is 32.9 Å². The second-order valence-corrected chi connectivity index (χ2v) is 7.50. The van der Waals surface area contributed by atoms with E-state index in [1.165, 1.54) is 18.4 Å². The number of phenolic OH excluding ortho intramolecular Hbond substituents is 1. The molecule has 0 spiro atoms. The van der Waals surface area contributed by atoms with Crippen molar-refractivity contribution in [1.29, 1.82) is 0 Å². The van der Waals surface area contributed by atoms with E-state index in [1.807, 2.05) is 13.0 Å². The van der Waals surface area contributed by atoms with Gasteiger partial charge in [0, 0.05) is 12.0 Å². The average molecular weight is 332 g/mol. The summed E-state index contributed by atoms with van der Waals surface area (Å²) >= 11 is 0. The summed E-state index contributed by atoms with van der Waals surface area (Å²) in [7, 11) is 0. The molecule has 2 atom stereocenters. The normalized spacial score (nSPS) is 22.6. The molecule has 0 saturated heterocycles. The van der Waals surface area contributed by atoms with E-state index in [-0.39, 0.29) is 5.75 Å². The molecule has 0 bridgehead atoms. The summed E-state index contributed by atoms with van der Waals surface area (Å²) in [5.74, 6) is 0.996. The molecule has 0 fully saturated rings. The summed E-state index contributed by atoms with van der Waals surface area (Å²) in [6.07, 6.45) is 8.11. The molecule has 3 nitrogen and oxygen atoms in total. The standard InChI is InChI=1S/C21H32O3/c1-5-6-7-10-16-12-18(22)17-14-20(23)21(4,24-19(17)13-16)11-8-9-15(2)3/h9,12-13,20,22-23H,5-8,10-11,14H2,1-4H3. The Morgan fingerprint density at radius 2 is 2.08 bits per heavy atom. The molecule has 2 rings (SSSR count). The number of aromatic hydroxyl groups is 1. The molecule has 0 aliphatic carbocycles. The average Bonchev–Trinajstić information content (AvgIpc) is 2.49. The number of aliphatic hydroxyl groups excluding tert-OH is 1. The fourth-order valence-electron chi connectivity index (χ4n) is 3.30. The van der Waals surface area contributed by atoms with Crippen molar-refractivity contribution in [1.82, 2.24) is 0 Å². The van der Waals surface area contributed by atoms with Gasteiger partial charge in [0.15, 0.2) is 0 Å². The Kier molecular flexibility index (Phi) is 6.34. The third kappa shape index (κ3) is 4.54. The smallest absolute Gasteiger partial charge is 0.133 e. The number of rotatable bonds is 7. The summed E-state index contributed by atoms with van der Waals surface area (Å²) in [6.45, 7) is 8.32. The third-order valence-electron chi connectivity index (χ3n) is 4.95. The number of hydrogen-bond donors (Lipinski definition) is 2. The second kappa shape index (κ2) is 8.06. The Morgan fingerprint density at radius 3 is 2.75 bits per heavy atom. The van der Waals surface area contributed by atoms with Gasteiger partial charge in [0.1, 0.15) is 17.1 Å². The van der Waals surface area contributed by atoms with E-state index in [0.717, 1.165) is 42.6 Å². The van der Waals surface area contributed by atoms with Crippen molar-refractivity contribution < 1.29 is 14.9 Å². The summed E-state index contributed by atoms with van der Waals surface area (Å²) in [5, 5.41) is 20.9. The zero-order valence-corrected chi connectivity index (χ0v) is 15.6. The van der Waals surface area contributed by atoms with Gasteiger partial charge in [0.05, 0.1) is 6.10 Å². The molecule has 1 aromatic carbocycles. The molecule has 2 unspecified atom stereocenters. The van der Waals surface area contributed by atoms with E-state index in [4.69, 9.17) is 4.74 Å². The predicted octanol–water partition coefficient (Wildman–Crippen LogP) is 4.93. The van der Waals surface area contributed by atoms with Crippen LogP contribution in [0, 0.1) is 0 Å². The van der Waals surface area contributed by atoms with Crippen LogP contribution < -0.4 is 4.74 Å². The number of aryl methyl sites for hydroxylation is 1. The predicted molar refractivity (Wildman–Crippen MR) is 98.7 cm³/mol. The van der Waals surface area contributed by atoms with E-state index < -0.39 is 11.7 Å². The highest BCUT2D eigenvalue weighted by atomic mass is 16.5. The quantitative estimate of drug-likeness (QED) is 0.550. The number of fused-ring (bicyclic) bond motifs is 1. The Labute approximate surface area is 146 Å². The monoisotopic (exact) mass is 332 g/mol. The zero-order chi connectivity index (χ0) is 17.7. The van der Waals surface area contributed by atoms with Gasteiger partial charge in [0.2, 0.25) is 0 Å². The van der Waals surface area contributed by atoms with Crippen LogP contribution in [0.2, 0.25) is 0 Å². The molecule has 1 aromatic rings. The second-order valence-electron chi connectivity index (χ2n) is 7.50. The topological polar surface area (TPSA) is 49.7 Å².